The van der Waals surface area contributed by atoms with Gasteiger partial charge >= 0.3 is 0 Å². The predicted octanol–water partition coefficient (Wildman–Crippen LogP) is 6.22. The molecule has 0 aliphatic carbocycles. The van der Waals surface area contributed by atoms with Crippen LogP contribution in [-0.4, -0.2) is 44.3 Å². The molecular formula is C30H35Cl2N3O4S. The molecule has 0 aromatic heterocycles. The van der Waals surface area contributed by atoms with Crippen LogP contribution in [0.1, 0.15) is 44.2 Å². The van der Waals surface area contributed by atoms with Gasteiger partial charge in [-0.2, -0.15) is 0 Å². The van der Waals surface area contributed by atoms with Crippen LogP contribution in [0.2, 0.25) is 10.0 Å². The molecule has 0 saturated heterocycles. The largest absolute Gasteiger partial charge is 0.354 e. The molecule has 1 N–H and O–H groups in total. The maximum absolute atomic E-state index is 14.1. The van der Waals surface area contributed by atoms with Gasteiger partial charge in [0.05, 0.1) is 10.6 Å². The summed E-state index contributed by atoms with van der Waals surface area (Å²) in [5.41, 5.74) is 1.82. The summed E-state index contributed by atoms with van der Waals surface area (Å²) in [6.07, 6.45) is 2.05. The second kappa shape index (κ2) is 14.5. The quantitative estimate of drug-likeness (QED) is 0.235. The van der Waals surface area contributed by atoms with Crippen LogP contribution in [-0.2, 0) is 26.2 Å². The Labute approximate surface area is 247 Å². The lowest BCUT2D eigenvalue weighted by molar-refractivity contribution is -0.140. The van der Waals surface area contributed by atoms with Gasteiger partial charge in [-0.25, -0.2) is 8.42 Å². The van der Waals surface area contributed by atoms with E-state index in [1.165, 1.54) is 29.2 Å². The van der Waals surface area contributed by atoms with Crippen molar-refractivity contribution in [2.45, 2.75) is 57.5 Å². The van der Waals surface area contributed by atoms with Crippen molar-refractivity contribution in [1.82, 2.24) is 10.2 Å². The van der Waals surface area contributed by atoms with Crippen molar-refractivity contribution >= 4 is 50.7 Å². The number of benzene rings is 3. The number of hydrogen-bond donors (Lipinski definition) is 1. The third-order valence-corrected chi connectivity index (χ3v) is 8.89. The summed E-state index contributed by atoms with van der Waals surface area (Å²) in [5, 5.41) is 3.76. The second-order valence-corrected chi connectivity index (χ2v) is 12.2. The number of unbranched alkanes of at least 4 members (excludes halogenated alkanes) is 1. The minimum absolute atomic E-state index is 0.00629. The Morgan fingerprint density at radius 3 is 2.27 bits per heavy atom. The average Bonchev–Trinajstić information content (AvgIpc) is 2.92. The lowest BCUT2D eigenvalue weighted by Crippen LogP contribution is -2.52. The molecule has 7 nitrogen and oxygen atoms in total. The number of carbonyl (C=O) groups excluding carboxylic acids is 2. The maximum Gasteiger partial charge on any atom is 0.264 e. The van der Waals surface area contributed by atoms with Gasteiger partial charge < -0.3 is 10.2 Å². The van der Waals surface area contributed by atoms with Crippen LogP contribution in [0.4, 0.5) is 5.69 Å². The Hall–Kier alpha value is -3.07. The van der Waals surface area contributed by atoms with Gasteiger partial charge in [0.1, 0.15) is 12.6 Å². The van der Waals surface area contributed by atoms with Gasteiger partial charge in [0.15, 0.2) is 0 Å². The molecule has 0 spiro atoms. The van der Waals surface area contributed by atoms with Crippen LogP contribution in [0.3, 0.4) is 0 Å². The standard InChI is InChI=1S/C30H35Cl2N3O4S/c1-4-6-18-33-30(37)28(5-2)34(20-23-11-7-8-13-27(23)32)29(36)21-35(25-12-9-10-22(3)19-25)40(38,39)26-16-14-24(31)15-17-26/h7-17,19,28H,4-6,18,20-21H2,1-3H3,(H,33,37)/t28-/m0/s1. The number of amides is 2. The van der Waals surface area contributed by atoms with Crippen LogP contribution in [0.5, 0.6) is 0 Å². The summed E-state index contributed by atoms with van der Waals surface area (Å²) in [5.74, 6) is -0.824. The van der Waals surface area contributed by atoms with Gasteiger partial charge in [-0.15, -0.1) is 0 Å². The third kappa shape index (κ3) is 7.99. The minimum Gasteiger partial charge on any atom is -0.354 e. The van der Waals surface area contributed by atoms with E-state index in [0.29, 0.717) is 34.3 Å². The first-order chi connectivity index (χ1) is 19.1. The van der Waals surface area contributed by atoms with E-state index >= 15 is 0 Å². The number of aryl methyl sites for hydroxylation is 1. The summed E-state index contributed by atoms with van der Waals surface area (Å²) < 4.78 is 28.8. The molecule has 0 saturated carbocycles. The van der Waals surface area contributed by atoms with Gasteiger partial charge in [0.2, 0.25) is 11.8 Å². The normalized spacial score (nSPS) is 12.0. The molecule has 40 heavy (non-hydrogen) atoms. The van der Waals surface area contributed by atoms with Crippen molar-refractivity contribution in [1.29, 1.82) is 0 Å². The highest BCUT2D eigenvalue weighted by atomic mass is 35.5. The molecule has 1 atom stereocenters. The summed E-state index contributed by atoms with van der Waals surface area (Å²) in [6.45, 7) is 5.70. The summed E-state index contributed by atoms with van der Waals surface area (Å²) in [7, 11) is -4.17. The summed E-state index contributed by atoms with van der Waals surface area (Å²) in [6, 6.07) is 19.0. The van der Waals surface area contributed by atoms with Crippen molar-refractivity contribution < 1.29 is 18.0 Å². The fourth-order valence-electron chi connectivity index (χ4n) is 4.28. The highest BCUT2D eigenvalue weighted by Gasteiger charge is 2.34. The molecule has 0 aliphatic heterocycles. The van der Waals surface area contributed by atoms with E-state index in [0.717, 1.165) is 22.7 Å². The Morgan fingerprint density at radius 1 is 0.950 bits per heavy atom. The molecule has 3 aromatic carbocycles. The van der Waals surface area contributed by atoms with Crippen molar-refractivity contribution in [3.05, 3.63) is 94.0 Å². The van der Waals surface area contributed by atoms with Crippen molar-refractivity contribution in [3.8, 4) is 0 Å². The van der Waals surface area contributed by atoms with Crippen molar-refractivity contribution in [2.75, 3.05) is 17.4 Å². The van der Waals surface area contributed by atoms with E-state index in [-0.39, 0.29) is 17.3 Å². The number of nitrogens with one attached hydrogen (secondary N) is 1. The lowest BCUT2D eigenvalue weighted by Gasteiger charge is -2.33. The number of rotatable bonds is 13. The third-order valence-electron chi connectivity index (χ3n) is 6.48. The number of halogens is 2. The number of carbonyl (C=O) groups is 2. The molecular weight excluding hydrogens is 569 g/mol. The number of anilines is 1. The van der Waals surface area contributed by atoms with Crippen LogP contribution >= 0.6 is 23.2 Å². The van der Waals surface area contributed by atoms with Gasteiger partial charge in [0.25, 0.3) is 10.0 Å². The van der Waals surface area contributed by atoms with E-state index < -0.39 is 28.5 Å². The molecule has 0 heterocycles. The van der Waals surface area contributed by atoms with E-state index in [2.05, 4.69) is 5.32 Å². The molecule has 214 valence electrons. The smallest absolute Gasteiger partial charge is 0.264 e. The lowest BCUT2D eigenvalue weighted by atomic mass is 10.1. The Balaban J connectivity index is 2.05. The molecule has 0 radical (unpaired) electrons. The zero-order valence-corrected chi connectivity index (χ0v) is 25.3. The number of nitrogens with zero attached hydrogens (tertiary/aromatic N) is 2. The fraction of sp³-hybridized carbons (Fsp3) is 0.333. The average molecular weight is 605 g/mol. The SMILES string of the molecule is CCCCNC(=O)[C@H](CC)N(Cc1ccccc1Cl)C(=O)CN(c1cccc(C)c1)S(=O)(=O)c1ccc(Cl)cc1. The monoisotopic (exact) mass is 603 g/mol. The Kier molecular flexibility index (Phi) is 11.4. The Morgan fingerprint density at radius 2 is 1.65 bits per heavy atom. The van der Waals surface area contributed by atoms with Gasteiger partial charge in [-0.05, 0) is 73.4 Å². The molecule has 0 unspecified atom stereocenters. The van der Waals surface area contributed by atoms with Gasteiger partial charge in [-0.1, -0.05) is 73.8 Å². The van der Waals surface area contributed by atoms with Crippen molar-refractivity contribution in [2.24, 2.45) is 0 Å². The molecule has 0 fully saturated rings. The number of sulfonamides is 1. The Bertz CT molecular complexity index is 1410. The second-order valence-electron chi connectivity index (χ2n) is 9.49. The van der Waals surface area contributed by atoms with Crippen LogP contribution in [0, 0.1) is 6.92 Å². The first kappa shape index (κ1) is 31.5. The maximum atomic E-state index is 14.1. The van der Waals surface area contributed by atoms with Gasteiger partial charge in [-0.3, -0.25) is 13.9 Å². The van der Waals surface area contributed by atoms with Crippen LogP contribution < -0.4 is 9.62 Å². The topological polar surface area (TPSA) is 86.8 Å². The van der Waals surface area contributed by atoms with Crippen LogP contribution in [0.25, 0.3) is 0 Å². The molecule has 10 heteroatoms. The van der Waals surface area contributed by atoms with E-state index in [1.54, 1.807) is 42.5 Å². The first-order valence-electron chi connectivity index (χ1n) is 13.2. The molecule has 2 amide bonds. The summed E-state index contributed by atoms with van der Waals surface area (Å²) in [4.78, 5) is 28.7. The van der Waals surface area contributed by atoms with E-state index in [9.17, 15) is 18.0 Å². The van der Waals surface area contributed by atoms with Gasteiger partial charge in [0, 0.05) is 23.1 Å². The molecule has 0 aliphatic rings. The zero-order chi connectivity index (χ0) is 29.3. The highest BCUT2D eigenvalue weighted by molar-refractivity contribution is 7.92. The van der Waals surface area contributed by atoms with E-state index in [4.69, 9.17) is 23.2 Å². The van der Waals surface area contributed by atoms with Crippen molar-refractivity contribution in [3.63, 3.8) is 0 Å². The van der Waals surface area contributed by atoms with Crippen LogP contribution in [0.15, 0.2) is 77.7 Å². The summed E-state index contributed by atoms with van der Waals surface area (Å²) >= 11 is 12.4. The molecule has 0 bridgehead atoms. The highest BCUT2D eigenvalue weighted by Crippen LogP contribution is 2.27. The molecule has 3 rings (SSSR count). The fourth-order valence-corrected chi connectivity index (χ4v) is 6.01. The molecule has 3 aromatic rings. The zero-order valence-electron chi connectivity index (χ0n) is 22.9. The van der Waals surface area contributed by atoms with E-state index in [1.807, 2.05) is 26.8 Å². The predicted molar refractivity (Wildman–Crippen MR) is 161 cm³/mol. The number of hydrogen-bond acceptors (Lipinski definition) is 4. The minimum atomic E-state index is -4.17. The first-order valence-corrected chi connectivity index (χ1v) is 15.4.